The first-order chi connectivity index (χ1) is 7.74. The quantitative estimate of drug-likeness (QED) is 0.597. The monoisotopic (exact) mass is 354 g/mol. The molecule has 0 aromatic heterocycles. The number of rotatable bonds is 0. The number of hydrogen-bond donors (Lipinski definition) is 0. The first-order valence-corrected chi connectivity index (χ1v) is 7.42. The number of fused-ring (bicyclic) bond motifs is 3. The van der Waals surface area contributed by atoms with E-state index >= 15 is 0 Å². The van der Waals surface area contributed by atoms with Crippen LogP contribution in [0.3, 0.4) is 0 Å². The van der Waals surface area contributed by atoms with Crippen LogP contribution < -0.4 is 0 Å². The Morgan fingerprint density at radius 2 is 0.688 bits per heavy atom. The molecule has 0 radical (unpaired) electrons. The highest BCUT2D eigenvalue weighted by Gasteiger charge is 2.18. The lowest BCUT2D eigenvalue weighted by molar-refractivity contribution is 0.237. The maximum absolute atomic E-state index is 3.63. The predicted octanol–water partition coefficient (Wildman–Crippen LogP) is 0.841. The van der Waals surface area contributed by atoms with Crippen LogP contribution in [0.25, 0.3) is 0 Å². The van der Waals surface area contributed by atoms with Gasteiger partial charge in [0.15, 0.2) is 0 Å². The zero-order chi connectivity index (χ0) is 11.4. The van der Waals surface area contributed by atoms with Crippen LogP contribution in [0.5, 0.6) is 0 Å². The molecule has 4 nitrogen and oxygen atoms in total. The average Bonchev–Trinajstić information content (AvgIpc) is 2.41. The lowest BCUT2D eigenvalue weighted by Gasteiger charge is -2.24. The van der Waals surface area contributed by atoms with Crippen molar-refractivity contribution in [2.45, 2.75) is 0 Å². The Bertz CT molecular complexity index is 179. The van der Waals surface area contributed by atoms with E-state index in [4.69, 9.17) is 0 Å². The van der Waals surface area contributed by atoms with Crippen molar-refractivity contribution in [2.75, 3.05) is 65.4 Å². The van der Waals surface area contributed by atoms with E-state index in [0.717, 1.165) is 26.2 Å². The van der Waals surface area contributed by atoms with Crippen LogP contribution in [-0.4, -0.2) is 83.1 Å². The number of hydrogen-bond acceptors (Lipinski definition) is 4. The molecule has 2 aliphatic rings. The minimum atomic E-state index is 1.12. The lowest BCUT2D eigenvalue weighted by atomic mass is 10.4. The van der Waals surface area contributed by atoms with Crippen molar-refractivity contribution in [1.29, 1.82) is 0 Å². The molecule has 2 aliphatic heterocycles. The van der Waals surface area contributed by atoms with E-state index in [2.05, 4.69) is 49.9 Å². The van der Waals surface area contributed by atoms with Crippen LogP contribution in [0.15, 0.2) is 0 Å². The second-order valence-corrected chi connectivity index (χ2v) is 6.51. The highest BCUT2D eigenvalue weighted by Crippen LogP contribution is 2.08. The largest absolute Gasteiger partial charge is 0.299 e. The molecule has 0 atom stereocenters. The van der Waals surface area contributed by atoms with E-state index in [1.807, 2.05) is 0 Å². The standard InChI is InChI=1S/C10H20Br2N4/c11-15-7-3-13-1-2-14(5-9-15)6-10-16(12)8-4-13/h1-10H2. The van der Waals surface area contributed by atoms with Gasteiger partial charge in [-0.15, -0.1) is 0 Å². The van der Waals surface area contributed by atoms with Gasteiger partial charge in [0.25, 0.3) is 0 Å². The van der Waals surface area contributed by atoms with Gasteiger partial charge in [-0.1, -0.05) is 0 Å². The van der Waals surface area contributed by atoms with Crippen LogP contribution in [0.1, 0.15) is 0 Å². The minimum absolute atomic E-state index is 1.12. The molecule has 0 saturated carbocycles. The van der Waals surface area contributed by atoms with Crippen LogP contribution >= 0.6 is 32.3 Å². The Morgan fingerprint density at radius 1 is 0.438 bits per heavy atom. The van der Waals surface area contributed by atoms with Crippen molar-refractivity contribution in [2.24, 2.45) is 0 Å². The fraction of sp³-hybridized carbons (Fsp3) is 1.00. The summed E-state index contributed by atoms with van der Waals surface area (Å²) in [6, 6.07) is 0. The minimum Gasteiger partial charge on any atom is -0.299 e. The summed E-state index contributed by atoms with van der Waals surface area (Å²) in [5.74, 6) is 0. The molecule has 94 valence electrons. The summed E-state index contributed by atoms with van der Waals surface area (Å²) in [6.45, 7) is 11.6. The number of nitrogens with zero attached hydrogens (tertiary/aromatic N) is 4. The number of halogens is 2. The summed E-state index contributed by atoms with van der Waals surface area (Å²) in [5.41, 5.74) is 0. The molecule has 6 heteroatoms. The third-order valence-corrected chi connectivity index (χ3v) is 4.79. The van der Waals surface area contributed by atoms with E-state index in [9.17, 15) is 0 Å². The highest BCUT2D eigenvalue weighted by molar-refractivity contribution is 9.07. The van der Waals surface area contributed by atoms with Gasteiger partial charge in [-0.05, 0) is 0 Å². The summed E-state index contributed by atoms with van der Waals surface area (Å²) in [5, 5.41) is 0. The van der Waals surface area contributed by atoms with E-state index < -0.39 is 0 Å². The fourth-order valence-corrected chi connectivity index (χ4v) is 2.81. The van der Waals surface area contributed by atoms with Gasteiger partial charge in [-0.2, -0.15) is 0 Å². The first-order valence-electron chi connectivity index (χ1n) is 6.00. The SMILES string of the molecule is BrN1CCN2CCN(Br)CCN(CC1)CC2. The summed E-state index contributed by atoms with van der Waals surface area (Å²) in [7, 11) is 0. The molecule has 0 aromatic carbocycles. The fourth-order valence-electron chi connectivity index (χ4n) is 2.18. The van der Waals surface area contributed by atoms with Crippen molar-refractivity contribution in [3.05, 3.63) is 0 Å². The van der Waals surface area contributed by atoms with Gasteiger partial charge >= 0.3 is 0 Å². The van der Waals surface area contributed by atoms with Gasteiger partial charge in [0.05, 0.1) is 0 Å². The van der Waals surface area contributed by atoms with Gasteiger partial charge < -0.3 is 0 Å². The maximum Gasteiger partial charge on any atom is 0.0221 e. The van der Waals surface area contributed by atoms with Crippen LogP contribution in [-0.2, 0) is 0 Å². The van der Waals surface area contributed by atoms with Gasteiger partial charge in [0, 0.05) is 97.7 Å². The first kappa shape index (κ1) is 13.2. The van der Waals surface area contributed by atoms with Crippen LogP contribution in [0.2, 0.25) is 0 Å². The molecular formula is C10H20Br2N4. The zero-order valence-corrected chi connectivity index (χ0v) is 12.8. The Hall–Kier alpha value is 0.800. The van der Waals surface area contributed by atoms with Gasteiger partial charge in [0.1, 0.15) is 0 Å². The molecule has 2 rings (SSSR count). The van der Waals surface area contributed by atoms with Crippen molar-refractivity contribution in [1.82, 2.24) is 17.7 Å². The van der Waals surface area contributed by atoms with E-state index in [0.29, 0.717) is 0 Å². The molecule has 0 N–H and O–H groups in total. The van der Waals surface area contributed by atoms with E-state index in [1.54, 1.807) is 0 Å². The smallest absolute Gasteiger partial charge is 0.0221 e. The zero-order valence-electron chi connectivity index (χ0n) is 9.62. The second-order valence-electron chi connectivity index (χ2n) is 4.50. The van der Waals surface area contributed by atoms with Crippen molar-refractivity contribution >= 4 is 32.3 Å². The third-order valence-electron chi connectivity index (χ3n) is 3.37. The van der Waals surface area contributed by atoms with Crippen LogP contribution in [0, 0.1) is 0 Å². The predicted molar refractivity (Wildman–Crippen MR) is 73.9 cm³/mol. The lowest BCUT2D eigenvalue weighted by Crippen LogP contribution is -2.36. The molecule has 2 fully saturated rings. The molecular weight excluding hydrogens is 336 g/mol. The highest BCUT2D eigenvalue weighted by atomic mass is 79.9. The Labute approximate surface area is 115 Å². The molecule has 0 amide bonds. The van der Waals surface area contributed by atoms with Gasteiger partial charge in [0.2, 0.25) is 0 Å². The van der Waals surface area contributed by atoms with E-state index in [1.165, 1.54) is 39.3 Å². The molecule has 2 bridgehead atoms. The van der Waals surface area contributed by atoms with Crippen molar-refractivity contribution < 1.29 is 0 Å². The molecule has 0 unspecified atom stereocenters. The third kappa shape index (κ3) is 4.23. The summed E-state index contributed by atoms with van der Waals surface area (Å²) in [6.07, 6.45) is 0. The van der Waals surface area contributed by atoms with Crippen LogP contribution in [0.4, 0.5) is 0 Å². The summed E-state index contributed by atoms with van der Waals surface area (Å²) < 4.78 is 4.54. The summed E-state index contributed by atoms with van der Waals surface area (Å²) >= 11 is 7.27. The van der Waals surface area contributed by atoms with E-state index in [-0.39, 0.29) is 0 Å². The van der Waals surface area contributed by atoms with Gasteiger partial charge in [-0.25, -0.2) is 7.85 Å². The molecule has 16 heavy (non-hydrogen) atoms. The summed E-state index contributed by atoms with van der Waals surface area (Å²) in [4.78, 5) is 5.12. The normalized spacial score (nSPS) is 35.6. The topological polar surface area (TPSA) is 13.0 Å². The second kappa shape index (κ2) is 6.66. The molecule has 2 saturated heterocycles. The molecule has 0 aromatic rings. The molecule has 0 spiro atoms. The molecule has 0 aliphatic carbocycles. The Kier molecular flexibility index (Phi) is 5.51. The van der Waals surface area contributed by atoms with Crippen molar-refractivity contribution in [3.8, 4) is 0 Å². The maximum atomic E-state index is 3.63. The van der Waals surface area contributed by atoms with Gasteiger partial charge in [-0.3, -0.25) is 9.80 Å². The Morgan fingerprint density at radius 3 is 1.00 bits per heavy atom. The molecule has 2 heterocycles. The van der Waals surface area contributed by atoms with Crippen molar-refractivity contribution in [3.63, 3.8) is 0 Å². The average molecular weight is 356 g/mol. The Balaban J connectivity index is 1.99.